The van der Waals surface area contributed by atoms with Gasteiger partial charge in [-0.25, -0.2) is 16.8 Å². The van der Waals surface area contributed by atoms with Crippen LogP contribution in [0, 0.1) is 0 Å². The van der Waals surface area contributed by atoms with Gasteiger partial charge in [0.25, 0.3) is 20.0 Å². The Hall–Kier alpha value is -3.76. The molecule has 0 saturated heterocycles. The molecule has 0 fully saturated rings. The first-order valence-electron chi connectivity index (χ1n) is 10.8. The molecule has 3 aromatic carbocycles. The smallest absolute Gasteiger partial charge is 0.406 e. The van der Waals surface area contributed by atoms with Gasteiger partial charge in [0.2, 0.25) is 0 Å². The molecule has 0 spiro atoms. The van der Waals surface area contributed by atoms with Crippen molar-refractivity contribution in [3.63, 3.8) is 0 Å². The van der Waals surface area contributed by atoms with E-state index in [0.29, 0.717) is 23.3 Å². The van der Waals surface area contributed by atoms with Crippen LogP contribution in [0.15, 0.2) is 93.3 Å². The maximum Gasteiger partial charge on any atom is 0.573 e. The van der Waals surface area contributed by atoms with E-state index in [4.69, 9.17) is 0 Å². The number of anilines is 2. The molecule has 7 nitrogen and oxygen atoms in total. The molecule has 0 unspecified atom stereocenters. The van der Waals surface area contributed by atoms with Gasteiger partial charge in [-0.3, -0.25) is 9.44 Å². The number of halogens is 6. The van der Waals surface area contributed by atoms with E-state index in [9.17, 15) is 43.2 Å². The molecule has 4 rings (SSSR count). The summed E-state index contributed by atoms with van der Waals surface area (Å²) in [5, 5.41) is 3.47. The molecule has 212 valence electrons. The Morgan fingerprint density at radius 3 is 1.93 bits per heavy atom. The van der Waals surface area contributed by atoms with Crippen molar-refractivity contribution in [2.45, 2.75) is 22.3 Å². The topological polar surface area (TPSA) is 102 Å². The Kier molecular flexibility index (Phi) is 7.79. The molecule has 16 heteroatoms. The highest BCUT2D eigenvalue weighted by molar-refractivity contribution is 7.93. The van der Waals surface area contributed by atoms with Crippen molar-refractivity contribution >= 4 is 42.8 Å². The Labute approximate surface area is 228 Å². The molecule has 40 heavy (non-hydrogen) atoms. The lowest BCUT2D eigenvalue weighted by atomic mass is 10.1. The van der Waals surface area contributed by atoms with Gasteiger partial charge in [-0.05, 0) is 82.6 Å². The van der Waals surface area contributed by atoms with Crippen LogP contribution in [0.3, 0.4) is 0 Å². The second-order valence-electron chi connectivity index (χ2n) is 8.03. The number of thiophene rings is 1. The first-order chi connectivity index (χ1) is 18.5. The summed E-state index contributed by atoms with van der Waals surface area (Å²) < 4.78 is 137. The third-order valence-corrected chi connectivity index (χ3v) is 8.63. The summed E-state index contributed by atoms with van der Waals surface area (Å²) in [6.07, 6.45) is -9.81. The predicted molar refractivity (Wildman–Crippen MR) is 136 cm³/mol. The maximum atomic E-state index is 13.2. The molecule has 1 heterocycles. The summed E-state index contributed by atoms with van der Waals surface area (Å²) >= 11 is 1.33. The zero-order chi connectivity index (χ0) is 29.3. The average molecular weight is 623 g/mol. The standard InChI is InChI=1S/C24H16F6N2O5S3/c25-23(26,27)17-2-1-3-20(13-17)40(35,36)32-22-12-15(16-10-11-38-14-16)4-9-21(22)31-39(33,34)19-7-5-18(6-8-19)37-24(28,29)30/h1-14,31-32H. The quantitative estimate of drug-likeness (QED) is 0.208. The van der Waals surface area contributed by atoms with Crippen molar-refractivity contribution in [2.75, 3.05) is 9.44 Å². The van der Waals surface area contributed by atoms with Crippen LogP contribution in [0.25, 0.3) is 11.1 Å². The van der Waals surface area contributed by atoms with Gasteiger partial charge in [-0.2, -0.15) is 24.5 Å². The lowest BCUT2D eigenvalue weighted by molar-refractivity contribution is -0.274. The van der Waals surface area contributed by atoms with Crippen LogP contribution in [-0.2, 0) is 26.2 Å². The fraction of sp³-hybridized carbons (Fsp3) is 0.0833. The number of alkyl halides is 6. The van der Waals surface area contributed by atoms with Gasteiger partial charge in [-0.15, -0.1) is 13.2 Å². The molecular weight excluding hydrogens is 606 g/mol. The third kappa shape index (κ3) is 7.05. The highest BCUT2D eigenvalue weighted by Gasteiger charge is 2.32. The number of hydrogen-bond donors (Lipinski definition) is 2. The molecule has 0 radical (unpaired) electrons. The van der Waals surface area contributed by atoms with Crippen LogP contribution >= 0.6 is 11.3 Å². The van der Waals surface area contributed by atoms with Crippen molar-refractivity contribution in [3.8, 4) is 16.9 Å². The highest BCUT2D eigenvalue weighted by atomic mass is 32.2. The minimum atomic E-state index is -4.99. The summed E-state index contributed by atoms with van der Waals surface area (Å²) in [6.45, 7) is 0. The monoisotopic (exact) mass is 622 g/mol. The van der Waals surface area contributed by atoms with E-state index < -0.39 is 53.7 Å². The molecular formula is C24H16F6N2O5S3. The molecule has 0 saturated carbocycles. The number of sulfonamides is 2. The van der Waals surface area contributed by atoms with E-state index in [-0.39, 0.29) is 11.4 Å². The summed E-state index contributed by atoms with van der Waals surface area (Å²) in [5.74, 6) is -0.666. The van der Waals surface area contributed by atoms with E-state index in [1.54, 1.807) is 16.8 Å². The fourth-order valence-electron chi connectivity index (χ4n) is 3.39. The van der Waals surface area contributed by atoms with Crippen molar-refractivity contribution in [3.05, 3.63) is 89.1 Å². The third-order valence-electron chi connectivity index (χ3n) is 5.20. The zero-order valence-electron chi connectivity index (χ0n) is 19.6. The van der Waals surface area contributed by atoms with Gasteiger partial charge < -0.3 is 4.74 Å². The molecule has 0 aliphatic carbocycles. The van der Waals surface area contributed by atoms with Crippen molar-refractivity contribution in [1.82, 2.24) is 0 Å². The van der Waals surface area contributed by atoms with Crippen molar-refractivity contribution in [1.29, 1.82) is 0 Å². The number of ether oxygens (including phenoxy) is 1. The molecule has 0 bridgehead atoms. The Morgan fingerprint density at radius 2 is 1.32 bits per heavy atom. The number of benzene rings is 3. The maximum absolute atomic E-state index is 13.2. The van der Waals surface area contributed by atoms with E-state index in [2.05, 4.69) is 14.2 Å². The lowest BCUT2D eigenvalue weighted by Gasteiger charge is -2.17. The molecule has 4 aromatic rings. The molecule has 2 N–H and O–H groups in total. The van der Waals surface area contributed by atoms with Crippen LogP contribution in [0.5, 0.6) is 5.75 Å². The van der Waals surface area contributed by atoms with E-state index >= 15 is 0 Å². The van der Waals surface area contributed by atoms with Gasteiger partial charge in [0, 0.05) is 0 Å². The number of nitrogens with one attached hydrogen (secondary N) is 2. The van der Waals surface area contributed by atoms with Crippen LogP contribution in [0.1, 0.15) is 5.56 Å². The summed E-state index contributed by atoms with van der Waals surface area (Å²) in [7, 11) is -9.13. The van der Waals surface area contributed by atoms with Crippen molar-refractivity contribution in [2.24, 2.45) is 0 Å². The van der Waals surface area contributed by atoms with E-state index in [1.807, 2.05) is 0 Å². The Bertz CT molecular complexity index is 1720. The molecule has 0 aliphatic rings. The first-order valence-corrected chi connectivity index (χ1v) is 14.7. The second kappa shape index (κ2) is 10.7. The van der Waals surface area contributed by atoms with Crippen LogP contribution in [-0.4, -0.2) is 23.2 Å². The largest absolute Gasteiger partial charge is 0.573 e. The minimum absolute atomic E-state index is 0.301. The van der Waals surface area contributed by atoms with Crippen LogP contribution < -0.4 is 14.2 Å². The van der Waals surface area contributed by atoms with Gasteiger partial charge in [-0.1, -0.05) is 12.1 Å². The first kappa shape index (κ1) is 29.2. The Morgan fingerprint density at radius 1 is 0.675 bits per heavy atom. The van der Waals surface area contributed by atoms with Crippen molar-refractivity contribution < 1.29 is 47.9 Å². The highest BCUT2D eigenvalue weighted by Crippen LogP contribution is 2.35. The average Bonchev–Trinajstić information content (AvgIpc) is 3.39. The van der Waals surface area contributed by atoms with Crippen LogP contribution in [0.2, 0.25) is 0 Å². The second-order valence-corrected chi connectivity index (χ2v) is 12.2. The number of hydrogen-bond acceptors (Lipinski definition) is 6. The van der Waals surface area contributed by atoms with Gasteiger partial charge in [0.05, 0.1) is 26.7 Å². The molecule has 0 amide bonds. The van der Waals surface area contributed by atoms with Gasteiger partial charge in [0.15, 0.2) is 0 Å². The normalized spacial score (nSPS) is 12.7. The predicted octanol–water partition coefficient (Wildman–Crippen LogP) is 6.93. The van der Waals surface area contributed by atoms with Crippen LogP contribution in [0.4, 0.5) is 37.7 Å². The fourth-order valence-corrected chi connectivity index (χ4v) is 6.25. The minimum Gasteiger partial charge on any atom is -0.406 e. The zero-order valence-corrected chi connectivity index (χ0v) is 22.1. The Balaban J connectivity index is 1.71. The van der Waals surface area contributed by atoms with Gasteiger partial charge >= 0.3 is 12.5 Å². The van der Waals surface area contributed by atoms with Gasteiger partial charge in [0.1, 0.15) is 5.75 Å². The summed E-state index contributed by atoms with van der Waals surface area (Å²) in [6, 6.07) is 11.9. The summed E-state index contributed by atoms with van der Waals surface area (Å²) in [5.41, 5.74) is -0.716. The molecule has 1 aromatic heterocycles. The number of rotatable bonds is 8. The molecule has 0 atom stereocenters. The van der Waals surface area contributed by atoms with E-state index in [0.717, 1.165) is 36.4 Å². The SMILES string of the molecule is O=S(=O)(Nc1ccc(-c2ccsc2)cc1NS(=O)(=O)c1cccc(C(F)(F)F)c1)c1ccc(OC(F)(F)F)cc1. The molecule has 0 aliphatic heterocycles. The van der Waals surface area contributed by atoms with E-state index in [1.165, 1.54) is 29.5 Å². The summed E-state index contributed by atoms with van der Waals surface area (Å²) in [4.78, 5) is -1.20. The lowest BCUT2D eigenvalue weighted by Crippen LogP contribution is -2.19.